The molecule has 3 heteroatoms. The number of alkyl halides is 1. The fourth-order valence-electron chi connectivity index (χ4n) is 1.68. The lowest BCUT2D eigenvalue weighted by Crippen LogP contribution is -1.96. The molecule has 0 aliphatic rings. The van der Waals surface area contributed by atoms with Crippen molar-refractivity contribution in [3.8, 4) is 0 Å². The average molecular weight is 330 g/mol. The molecule has 88 valence electrons. The Balaban J connectivity index is 2.17. The molecule has 0 aromatic heterocycles. The quantitative estimate of drug-likeness (QED) is 0.640. The van der Waals surface area contributed by atoms with Crippen LogP contribution in [0.2, 0.25) is 5.02 Å². The van der Waals surface area contributed by atoms with E-state index in [0.717, 1.165) is 27.0 Å². The molecular formula is C14H11BrCl2. The summed E-state index contributed by atoms with van der Waals surface area (Å²) in [6.45, 7) is 0. The molecule has 1 atom stereocenters. The smallest absolute Gasteiger partial charge is 0.0626 e. The largest absolute Gasteiger partial charge is 0.117 e. The maximum atomic E-state index is 6.41. The number of hydrogen-bond donors (Lipinski definition) is 0. The molecule has 0 amide bonds. The van der Waals surface area contributed by atoms with Crippen LogP contribution >= 0.6 is 39.1 Å². The molecule has 0 fully saturated rings. The lowest BCUT2D eigenvalue weighted by atomic mass is 10.0. The van der Waals surface area contributed by atoms with Gasteiger partial charge >= 0.3 is 0 Å². The van der Waals surface area contributed by atoms with Crippen LogP contribution in [0.15, 0.2) is 53.0 Å². The second-order valence-electron chi connectivity index (χ2n) is 3.82. The first-order chi connectivity index (χ1) is 8.16. The van der Waals surface area contributed by atoms with E-state index >= 15 is 0 Å². The molecule has 0 saturated carbocycles. The zero-order chi connectivity index (χ0) is 12.3. The van der Waals surface area contributed by atoms with Gasteiger partial charge in [0, 0.05) is 9.50 Å². The molecule has 17 heavy (non-hydrogen) atoms. The van der Waals surface area contributed by atoms with Crippen molar-refractivity contribution >= 4 is 39.1 Å². The van der Waals surface area contributed by atoms with Crippen molar-refractivity contribution in [1.82, 2.24) is 0 Å². The second kappa shape index (κ2) is 5.90. The predicted octanol–water partition coefficient (Wildman–Crippen LogP) is 5.63. The molecule has 0 saturated heterocycles. The minimum absolute atomic E-state index is 0.0626. The summed E-state index contributed by atoms with van der Waals surface area (Å²) in [6.07, 6.45) is 0.734. The fraction of sp³-hybridized carbons (Fsp3) is 0.143. The maximum Gasteiger partial charge on any atom is 0.0626 e. The van der Waals surface area contributed by atoms with Gasteiger partial charge in [-0.25, -0.2) is 0 Å². The van der Waals surface area contributed by atoms with Gasteiger partial charge in [-0.15, -0.1) is 11.6 Å². The Labute approximate surface area is 120 Å². The van der Waals surface area contributed by atoms with E-state index in [1.54, 1.807) is 0 Å². The van der Waals surface area contributed by atoms with Crippen molar-refractivity contribution in [3.63, 3.8) is 0 Å². The Morgan fingerprint density at radius 3 is 2.53 bits per heavy atom. The van der Waals surface area contributed by atoms with E-state index in [2.05, 4.69) is 15.9 Å². The Morgan fingerprint density at radius 1 is 1.06 bits per heavy atom. The highest BCUT2D eigenvalue weighted by atomic mass is 79.9. The fourth-order valence-corrected chi connectivity index (χ4v) is 2.61. The Kier molecular flexibility index (Phi) is 4.49. The monoisotopic (exact) mass is 328 g/mol. The third kappa shape index (κ3) is 3.48. The summed E-state index contributed by atoms with van der Waals surface area (Å²) in [7, 11) is 0. The second-order valence-corrected chi connectivity index (χ2v) is 5.67. The number of halogens is 3. The standard InChI is InChI=1S/C14H11BrCl2/c15-12-6-3-5-10(8-12)14(17)9-11-4-1-2-7-13(11)16/h1-8,14H,9H2. The molecule has 2 rings (SSSR count). The van der Waals surface area contributed by atoms with Crippen LogP contribution in [0.25, 0.3) is 0 Å². The molecule has 0 N–H and O–H groups in total. The summed E-state index contributed by atoms with van der Waals surface area (Å²) in [6, 6.07) is 15.8. The first-order valence-electron chi connectivity index (χ1n) is 5.30. The van der Waals surface area contributed by atoms with Crippen molar-refractivity contribution in [3.05, 3.63) is 69.2 Å². The van der Waals surface area contributed by atoms with E-state index in [1.807, 2.05) is 48.5 Å². The van der Waals surface area contributed by atoms with Crippen molar-refractivity contribution in [2.45, 2.75) is 11.8 Å². The predicted molar refractivity (Wildman–Crippen MR) is 77.9 cm³/mol. The van der Waals surface area contributed by atoms with E-state index in [1.165, 1.54) is 0 Å². The SMILES string of the molecule is Clc1ccccc1CC(Cl)c1cccc(Br)c1. The Bertz CT molecular complexity index is 511. The molecule has 0 bridgehead atoms. The molecule has 1 unspecified atom stereocenters. The Morgan fingerprint density at radius 2 is 1.82 bits per heavy atom. The van der Waals surface area contributed by atoms with Crippen molar-refractivity contribution in [2.24, 2.45) is 0 Å². The van der Waals surface area contributed by atoms with Gasteiger partial charge in [-0.1, -0.05) is 57.9 Å². The maximum absolute atomic E-state index is 6.41. The summed E-state index contributed by atoms with van der Waals surface area (Å²) in [4.78, 5) is 0. The minimum Gasteiger partial charge on any atom is -0.117 e. The average Bonchev–Trinajstić information content (AvgIpc) is 2.32. The first kappa shape index (κ1) is 12.9. The summed E-state index contributed by atoms with van der Waals surface area (Å²) >= 11 is 16.0. The van der Waals surface area contributed by atoms with Gasteiger partial charge in [0.25, 0.3) is 0 Å². The van der Waals surface area contributed by atoms with Crippen molar-refractivity contribution in [1.29, 1.82) is 0 Å². The van der Waals surface area contributed by atoms with Crippen LogP contribution in [0.5, 0.6) is 0 Å². The number of hydrogen-bond acceptors (Lipinski definition) is 0. The van der Waals surface area contributed by atoms with Gasteiger partial charge in [0.05, 0.1) is 5.38 Å². The molecular weight excluding hydrogens is 319 g/mol. The van der Waals surface area contributed by atoms with Crippen molar-refractivity contribution in [2.75, 3.05) is 0 Å². The highest BCUT2D eigenvalue weighted by Crippen LogP contribution is 2.29. The van der Waals surface area contributed by atoms with E-state index < -0.39 is 0 Å². The number of benzene rings is 2. The first-order valence-corrected chi connectivity index (χ1v) is 6.90. The topological polar surface area (TPSA) is 0 Å². The van der Waals surface area contributed by atoms with Crippen LogP contribution in [0.4, 0.5) is 0 Å². The lowest BCUT2D eigenvalue weighted by molar-refractivity contribution is 0.919. The summed E-state index contributed by atoms with van der Waals surface area (Å²) < 4.78 is 1.04. The summed E-state index contributed by atoms with van der Waals surface area (Å²) in [5.41, 5.74) is 2.18. The van der Waals surface area contributed by atoms with Gasteiger partial charge < -0.3 is 0 Å². The molecule has 0 aliphatic heterocycles. The molecule has 0 nitrogen and oxygen atoms in total. The zero-order valence-corrected chi connectivity index (χ0v) is 12.1. The van der Waals surface area contributed by atoms with Gasteiger partial charge in [-0.3, -0.25) is 0 Å². The molecule has 0 radical (unpaired) electrons. The third-order valence-electron chi connectivity index (χ3n) is 2.57. The van der Waals surface area contributed by atoms with E-state index in [4.69, 9.17) is 23.2 Å². The van der Waals surface area contributed by atoms with E-state index in [0.29, 0.717) is 0 Å². The van der Waals surface area contributed by atoms with Gasteiger partial charge in [-0.2, -0.15) is 0 Å². The lowest BCUT2D eigenvalue weighted by Gasteiger charge is -2.11. The van der Waals surface area contributed by atoms with Crippen LogP contribution in [-0.4, -0.2) is 0 Å². The van der Waals surface area contributed by atoms with Crippen molar-refractivity contribution < 1.29 is 0 Å². The molecule has 0 spiro atoms. The van der Waals surface area contributed by atoms with Crippen LogP contribution in [0.1, 0.15) is 16.5 Å². The normalized spacial score (nSPS) is 12.4. The van der Waals surface area contributed by atoms with E-state index in [9.17, 15) is 0 Å². The van der Waals surface area contributed by atoms with Gasteiger partial charge in [-0.05, 0) is 35.7 Å². The minimum atomic E-state index is -0.0626. The summed E-state index contributed by atoms with van der Waals surface area (Å²) in [5.74, 6) is 0. The summed E-state index contributed by atoms with van der Waals surface area (Å²) in [5, 5.41) is 0.709. The highest BCUT2D eigenvalue weighted by Gasteiger charge is 2.11. The molecule has 0 aliphatic carbocycles. The number of rotatable bonds is 3. The third-order valence-corrected chi connectivity index (χ3v) is 3.84. The molecule has 2 aromatic carbocycles. The van der Waals surface area contributed by atoms with Crippen LogP contribution in [0.3, 0.4) is 0 Å². The van der Waals surface area contributed by atoms with Crippen LogP contribution < -0.4 is 0 Å². The van der Waals surface area contributed by atoms with Gasteiger partial charge in [0.15, 0.2) is 0 Å². The molecule has 0 heterocycles. The molecule has 2 aromatic rings. The zero-order valence-electron chi connectivity index (χ0n) is 9.04. The van der Waals surface area contributed by atoms with E-state index in [-0.39, 0.29) is 5.38 Å². The van der Waals surface area contributed by atoms with Crippen LogP contribution in [-0.2, 0) is 6.42 Å². The highest BCUT2D eigenvalue weighted by molar-refractivity contribution is 9.10. The van der Waals surface area contributed by atoms with Gasteiger partial charge in [0.1, 0.15) is 0 Å². The Hall–Kier alpha value is -0.500. The van der Waals surface area contributed by atoms with Gasteiger partial charge in [0.2, 0.25) is 0 Å². The van der Waals surface area contributed by atoms with Crippen LogP contribution in [0, 0.1) is 0 Å².